The second-order valence-electron chi connectivity index (χ2n) is 6.39. The Labute approximate surface area is 141 Å². The van der Waals surface area contributed by atoms with Gasteiger partial charge < -0.3 is 5.32 Å². The van der Waals surface area contributed by atoms with Crippen molar-refractivity contribution >= 4 is 16.7 Å². The van der Waals surface area contributed by atoms with Crippen LogP contribution >= 0.6 is 0 Å². The first-order valence-corrected chi connectivity index (χ1v) is 8.17. The number of aromatic amines is 1. The lowest BCUT2D eigenvalue weighted by Gasteiger charge is -2.31. The van der Waals surface area contributed by atoms with E-state index in [-0.39, 0.29) is 24.8 Å². The van der Waals surface area contributed by atoms with Gasteiger partial charge in [-0.05, 0) is 25.3 Å². The Morgan fingerprint density at radius 2 is 1.96 bits per heavy atom. The number of hydrogen-bond donors (Lipinski definition) is 2. The number of hydrogen-bond acceptors (Lipinski definition) is 3. The molecule has 2 unspecified atom stereocenters. The number of nitrogens with one attached hydrogen (secondary N) is 2. The van der Waals surface area contributed by atoms with E-state index in [1.54, 1.807) is 24.3 Å². The van der Waals surface area contributed by atoms with E-state index >= 15 is 0 Å². The van der Waals surface area contributed by atoms with Crippen LogP contribution in [0.4, 0.5) is 13.2 Å². The molecule has 2 aromatic rings. The van der Waals surface area contributed by atoms with Gasteiger partial charge >= 0.3 is 6.18 Å². The van der Waals surface area contributed by atoms with E-state index in [2.05, 4.69) is 15.5 Å². The second kappa shape index (κ2) is 6.85. The van der Waals surface area contributed by atoms with E-state index in [4.69, 9.17) is 0 Å². The minimum absolute atomic E-state index is 0.0883. The van der Waals surface area contributed by atoms with Crippen molar-refractivity contribution in [1.82, 2.24) is 15.5 Å². The smallest absolute Gasteiger partial charge is 0.353 e. The van der Waals surface area contributed by atoms with E-state index in [0.29, 0.717) is 29.3 Å². The molecule has 0 saturated heterocycles. The summed E-state index contributed by atoms with van der Waals surface area (Å²) in [5.41, 5.74) is 0.0518. The molecule has 0 aliphatic heterocycles. The summed E-state index contributed by atoms with van der Waals surface area (Å²) < 4.78 is 38.6. The molecule has 1 aromatic heterocycles. The highest BCUT2D eigenvalue weighted by Crippen LogP contribution is 2.37. The number of alkyl halides is 3. The first kappa shape index (κ1) is 17.4. The highest BCUT2D eigenvalue weighted by molar-refractivity contribution is 5.88. The van der Waals surface area contributed by atoms with Crippen LogP contribution in [-0.4, -0.2) is 28.3 Å². The molecule has 0 bridgehead atoms. The summed E-state index contributed by atoms with van der Waals surface area (Å²) in [7, 11) is 0. The van der Waals surface area contributed by atoms with Crippen molar-refractivity contribution < 1.29 is 18.0 Å². The first-order valence-electron chi connectivity index (χ1n) is 8.17. The van der Waals surface area contributed by atoms with E-state index in [0.717, 1.165) is 0 Å². The number of carbonyl (C=O) groups excluding carboxylic acids is 1. The topological polar surface area (TPSA) is 74.8 Å². The fraction of sp³-hybridized carbons (Fsp3) is 0.471. The van der Waals surface area contributed by atoms with Crippen molar-refractivity contribution in [3.05, 3.63) is 40.3 Å². The Bertz CT molecular complexity index is 832. The molecule has 1 heterocycles. The minimum Gasteiger partial charge on any atom is -0.353 e. The molecular formula is C17H18F3N3O2. The maximum Gasteiger partial charge on any atom is 0.391 e. The molecule has 25 heavy (non-hydrogen) atoms. The maximum atomic E-state index is 12.9. The molecule has 0 spiro atoms. The van der Waals surface area contributed by atoms with Gasteiger partial charge in [-0.3, -0.25) is 9.59 Å². The summed E-state index contributed by atoms with van der Waals surface area (Å²) in [5.74, 6) is -1.75. The standard InChI is InChI=1S/C17H18F3N3O2/c18-17(19,20)10-4-3-5-11(8-10)21-15(24)9-14-12-6-1-2-7-13(12)16(25)23-22-14/h1-2,6-7,10-11H,3-5,8-9H2,(H,21,24)(H,23,25). The summed E-state index contributed by atoms with van der Waals surface area (Å²) in [6.45, 7) is 0. The summed E-state index contributed by atoms with van der Waals surface area (Å²) >= 11 is 0. The van der Waals surface area contributed by atoms with E-state index in [1.165, 1.54) is 0 Å². The Balaban J connectivity index is 1.69. The predicted molar refractivity (Wildman–Crippen MR) is 86.0 cm³/mol. The summed E-state index contributed by atoms with van der Waals surface area (Å²) in [6.07, 6.45) is -3.31. The predicted octanol–water partition coefficient (Wildman–Crippen LogP) is 2.70. The van der Waals surface area contributed by atoms with Crippen LogP contribution < -0.4 is 10.9 Å². The lowest BCUT2D eigenvalue weighted by Crippen LogP contribution is -2.42. The molecule has 8 heteroatoms. The number of H-pyrrole nitrogens is 1. The molecule has 2 atom stereocenters. The largest absolute Gasteiger partial charge is 0.391 e. The molecule has 3 rings (SSSR count). The number of halogens is 3. The molecular weight excluding hydrogens is 335 g/mol. The van der Waals surface area contributed by atoms with Crippen LogP contribution in [0.2, 0.25) is 0 Å². The Morgan fingerprint density at radius 1 is 1.24 bits per heavy atom. The summed E-state index contributed by atoms with van der Waals surface area (Å²) in [4.78, 5) is 24.0. The van der Waals surface area contributed by atoms with Gasteiger partial charge in [-0.2, -0.15) is 18.3 Å². The van der Waals surface area contributed by atoms with Gasteiger partial charge in [0.2, 0.25) is 5.91 Å². The average molecular weight is 353 g/mol. The summed E-state index contributed by atoms with van der Waals surface area (Å²) in [6, 6.07) is 6.29. The molecule has 5 nitrogen and oxygen atoms in total. The van der Waals surface area contributed by atoms with Crippen LogP contribution in [0.5, 0.6) is 0 Å². The fourth-order valence-electron chi connectivity index (χ4n) is 3.36. The van der Waals surface area contributed by atoms with E-state index < -0.39 is 24.0 Å². The molecule has 0 radical (unpaired) electrons. The number of amides is 1. The zero-order valence-electron chi connectivity index (χ0n) is 13.4. The lowest BCUT2D eigenvalue weighted by molar-refractivity contribution is -0.184. The van der Waals surface area contributed by atoms with Crippen LogP contribution in [0, 0.1) is 5.92 Å². The van der Waals surface area contributed by atoms with Gasteiger partial charge in [0.25, 0.3) is 5.56 Å². The monoisotopic (exact) mass is 353 g/mol. The quantitative estimate of drug-likeness (QED) is 0.891. The lowest BCUT2D eigenvalue weighted by atomic mass is 9.85. The van der Waals surface area contributed by atoms with Crippen LogP contribution in [0.25, 0.3) is 10.8 Å². The number of nitrogens with zero attached hydrogens (tertiary/aromatic N) is 1. The van der Waals surface area contributed by atoms with Gasteiger partial charge in [-0.15, -0.1) is 0 Å². The van der Waals surface area contributed by atoms with Crippen molar-refractivity contribution in [2.75, 3.05) is 0 Å². The van der Waals surface area contributed by atoms with Gasteiger partial charge in [0.05, 0.1) is 23.4 Å². The Morgan fingerprint density at radius 3 is 2.68 bits per heavy atom. The molecule has 1 aliphatic carbocycles. The van der Waals surface area contributed by atoms with E-state index in [1.807, 2.05) is 0 Å². The maximum absolute atomic E-state index is 12.9. The van der Waals surface area contributed by atoms with Gasteiger partial charge in [-0.25, -0.2) is 5.10 Å². The molecule has 1 amide bonds. The van der Waals surface area contributed by atoms with Gasteiger partial charge in [0, 0.05) is 11.4 Å². The molecule has 1 saturated carbocycles. The van der Waals surface area contributed by atoms with Crippen molar-refractivity contribution in [2.24, 2.45) is 5.92 Å². The number of fused-ring (bicyclic) bond motifs is 1. The molecule has 1 fully saturated rings. The van der Waals surface area contributed by atoms with Crippen molar-refractivity contribution in [3.8, 4) is 0 Å². The Kier molecular flexibility index (Phi) is 4.78. The van der Waals surface area contributed by atoms with Crippen LogP contribution in [0.1, 0.15) is 31.4 Å². The zero-order valence-corrected chi connectivity index (χ0v) is 13.4. The SMILES string of the molecule is O=C(Cc1n[nH]c(=O)c2ccccc12)NC1CCCC(C(F)(F)F)C1. The third kappa shape index (κ3) is 4.00. The normalized spacial score (nSPS) is 21.2. The third-order valence-corrected chi connectivity index (χ3v) is 4.61. The fourth-order valence-corrected chi connectivity index (χ4v) is 3.36. The zero-order chi connectivity index (χ0) is 18.0. The number of carbonyl (C=O) groups is 1. The highest BCUT2D eigenvalue weighted by atomic mass is 19.4. The van der Waals surface area contributed by atoms with Gasteiger partial charge in [0.1, 0.15) is 0 Å². The highest BCUT2D eigenvalue weighted by Gasteiger charge is 2.42. The van der Waals surface area contributed by atoms with Crippen LogP contribution in [-0.2, 0) is 11.2 Å². The average Bonchev–Trinajstić information content (AvgIpc) is 2.57. The molecule has 1 aliphatic rings. The number of aromatic nitrogens is 2. The van der Waals surface area contributed by atoms with Crippen LogP contribution in [0.3, 0.4) is 0 Å². The Hall–Kier alpha value is -2.38. The number of benzene rings is 1. The number of rotatable bonds is 3. The van der Waals surface area contributed by atoms with Crippen molar-refractivity contribution in [2.45, 2.75) is 44.3 Å². The van der Waals surface area contributed by atoms with Gasteiger partial charge in [-0.1, -0.05) is 24.6 Å². The summed E-state index contributed by atoms with van der Waals surface area (Å²) in [5, 5.41) is 9.93. The third-order valence-electron chi connectivity index (χ3n) is 4.61. The molecule has 1 aromatic carbocycles. The van der Waals surface area contributed by atoms with E-state index in [9.17, 15) is 22.8 Å². The van der Waals surface area contributed by atoms with Gasteiger partial charge in [0.15, 0.2) is 0 Å². The second-order valence-corrected chi connectivity index (χ2v) is 6.39. The van der Waals surface area contributed by atoms with Crippen LogP contribution in [0.15, 0.2) is 29.1 Å². The first-order chi connectivity index (χ1) is 11.8. The minimum atomic E-state index is -4.22. The molecule has 2 N–H and O–H groups in total. The van der Waals surface area contributed by atoms with Crippen molar-refractivity contribution in [1.29, 1.82) is 0 Å². The van der Waals surface area contributed by atoms with Crippen molar-refractivity contribution in [3.63, 3.8) is 0 Å². The molecule has 134 valence electrons.